The molecule has 1 aromatic rings. The van der Waals surface area contributed by atoms with Gasteiger partial charge < -0.3 is 9.47 Å². The van der Waals surface area contributed by atoms with Gasteiger partial charge in [0.15, 0.2) is 11.5 Å². The van der Waals surface area contributed by atoms with E-state index < -0.39 is 10.0 Å². The molecule has 0 aliphatic rings. The van der Waals surface area contributed by atoms with Crippen LogP contribution in [0, 0.1) is 0 Å². The molecule has 0 aliphatic carbocycles. The lowest BCUT2D eigenvalue weighted by molar-refractivity contribution is 0.354. The fraction of sp³-hybridized carbons (Fsp3) is 0.333. The van der Waals surface area contributed by atoms with E-state index in [1.807, 2.05) is 0 Å². The first-order valence-electron chi connectivity index (χ1n) is 4.31. The van der Waals surface area contributed by atoms with Crippen molar-refractivity contribution in [3.63, 3.8) is 0 Å². The molecule has 0 spiro atoms. The molecule has 90 valence electrons. The molecule has 1 rings (SSSR count). The van der Waals surface area contributed by atoms with Crippen LogP contribution in [-0.4, -0.2) is 27.7 Å². The number of ether oxygens (including phenoxy) is 2. The van der Waals surface area contributed by atoms with Gasteiger partial charge in [0.05, 0.1) is 14.2 Å². The third-order valence-corrected chi connectivity index (χ3v) is 4.12. The van der Waals surface area contributed by atoms with Crippen LogP contribution in [0.5, 0.6) is 11.5 Å². The van der Waals surface area contributed by atoms with Crippen molar-refractivity contribution >= 4 is 21.8 Å². The Labute approximate surface area is 99.0 Å². The summed E-state index contributed by atoms with van der Waals surface area (Å²) in [7, 11) is -0.410. The number of benzene rings is 1. The zero-order valence-electron chi connectivity index (χ0n) is 8.97. The van der Waals surface area contributed by atoms with Gasteiger partial charge in [0.2, 0.25) is 10.0 Å². The second kappa shape index (κ2) is 5.42. The summed E-state index contributed by atoms with van der Waals surface area (Å²) in [4.78, 5) is 0.756. The van der Waals surface area contributed by atoms with Crippen LogP contribution < -0.4 is 14.6 Å². The summed E-state index contributed by atoms with van der Waals surface area (Å²) in [6, 6.07) is 5.16. The first kappa shape index (κ1) is 13.1. The molecule has 0 saturated carbocycles. The van der Waals surface area contributed by atoms with E-state index in [2.05, 4.69) is 0 Å². The van der Waals surface area contributed by atoms with Crippen molar-refractivity contribution in [1.82, 2.24) is 0 Å². The monoisotopic (exact) mass is 263 g/mol. The number of rotatable bonds is 5. The summed E-state index contributed by atoms with van der Waals surface area (Å²) >= 11 is 1.13. The Balaban J connectivity index is 2.83. The predicted octanol–water partition coefficient (Wildman–Crippen LogP) is 1.04. The number of sulfonamides is 1. The Morgan fingerprint density at radius 1 is 1.25 bits per heavy atom. The molecule has 0 heterocycles. The second-order valence-electron chi connectivity index (χ2n) is 2.94. The zero-order valence-corrected chi connectivity index (χ0v) is 10.6. The van der Waals surface area contributed by atoms with Crippen LogP contribution in [0.25, 0.3) is 0 Å². The van der Waals surface area contributed by atoms with E-state index in [9.17, 15) is 8.42 Å². The van der Waals surface area contributed by atoms with Gasteiger partial charge in [-0.3, -0.25) is 0 Å². The lowest BCUT2D eigenvalue weighted by atomic mass is 10.3. The van der Waals surface area contributed by atoms with E-state index in [0.29, 0.717) is 11.5 Å². The van der Waals surface area contributed by atoms with E-state index in [-0.39, 0.29) is 5.08 Å². The average molecular weight is 263 g/mol. The van der Waals surface area contributed by atoms with Crippen molar-refractivity contribution in [2.75, 3.05) is 19.3 Å². The van der Waals surface area contributed by atoms with Gasteiger partial charge in [-0.1, -0.05) is 0 Å². The maximum absolute atomic E-state index is 10.8. The van der Waals surface area contributed by atoms with Gasteiger partial charge in [0.25, 0.3) is 0 Å². The van der Waals surface area contributed by atoms with Crippen molar-refractivity contribution in [3.05, 3.63) is 18.2 Å². The first-order chi connectivity index (χ1) is 7.46. The maximum Gasteiger partial charge on any atom is 0.218 e. The quantitative estimate of drug-likeness (QED) is 0.803. The van der Waals surface area contributed by atoms with Gasteiger partial charge >= 0.3 is 0 Å². The van der Waals surface area contributed by atoms with Crippen LogP contribution in [0.15, 0.2) is 23.1 Å². The molecule has 0 atom stereocenters. The fourth-order valence-corrected chi connectivity index (χ4v) is 2.61. The molecule has 0 saturated heterocycles. The predicted molar refractivity (Wildman–Crippen MR) is 63.4 cm³/mol. The summed E-state index contributed by atoms with van der Waals surface area (Å²) in [6.07, 6.45) is 0. The summed E-state index contributed by atoms with van der Waals surface area (Å²) in [5, 5.41) is 4.74. The van der Waals surface area contributed by atoms with Gasteiger partial charge in [0.1, 0.15) is 5.08 Å². The number of hydrogen-bond acceptors (Lipinski definition) is 5. The van der Waals surface area contributed by atoms with E-state index in [1.54, 1.807) is 18.2 Å². The molecular weight excluding hydrogens is 250 g/mol. The molecule has 0 bridgehead atoms. The lowest BCUT2D eigenvalue weighted by Crippen LogP contribution is -2.13. The minimum atomic E-state index is -3.47. The topological polar surface area (TPSA) is 78.6 Å². The third kappa shape index (κ3) is 3.92. The molecular formula is C9H13NO4S2. The summed E-state index contributed by atoms with van der Waals surface area (Å²) < 4.78 is 31.7. The fourth-order valence-electron chi connectivity index (χ4n) is 1.06. The van der Waals surface area contributed by atoms with E-state index in [1.165, 1.54) is 14.2 Å². The molecule has 0 aromatic heterocycles. The van der Waals surface area contributed by atoms with E-state index >= 15 is 0 Å². The van der Waals surface area contributed by atoms with Gasteiger partial charge in [-0.25, -0.2) is 13.6 Å². The highest BCUT2D eigenvalue weighted by atomic mass is 32.3. The Morgan fingerprint density at radius 2 is 1.88 bits per heavy atom. The van der Waals surface area contributed by atoms with Gasteiger partial charge in [-0.15, -0.1) is 11.8 Å². The Bertz CT molecular complexity index is 459. The molecule has 0 unspecified atom stereocenters. The highest BCUT2D eigenvalue weighted by Gasteiger charge is 2.08. The van der Waals surface area contributed by atoms with Crippen LogP contribution in [0.1, 0.15) is 0 Å². The van der Waals surface area contributed by atoms with Crippen molar-refractivity contribution in [2.45, 2.75) is 4.90 Å². The van der Waals surface area contributed by atoms with E-state index in [0.717, 1.165) is 16.7 Å². The SMILES string of the molecule is COc1ccc(SCS(N)(=O)=O)cc1OC. The zero-order chi connectivity index (χ0) is 12.2. The number of primary sulfonamides is 1. The number of methoxy groups -OCH3 is 2. The van der Waals surface area contributed by atoms with Crippen molar-refractivity contribution in [1.29, 1.82) is 0 Å². The molecule has 0 amide bonds. The molecule has 7 heteroatoms. The average Bonchev–Trinajstić information content (AvgIpc) is 2.25. The number of hydrogen-bond donors (Lipinski definition) is 1. The highest BCUT2D eigenvalue weighted by Crippen LogP contribution is 2.31. The molecule has 0 radical (unpaired) electrons. The summed E-state index contributed by atoms with van der Waals surface area (Å²) in [5.74, 6) is 1.16. The second-order valence-corrected chi connectivity index (χ2v) is 5.97. The largest absolute Gasteiger partial charge is 0.493 e. The summed E-state index contributed by atoms with van der Waals surface area (Å²) in [6.45, 7) is 0. The summed E-state index contributed by atoms with van der Waals surface area (Å²) in [5.41, 5.74) is 0. The van der Waals surface area contributed by atoms with Crippen LogP contribution in [0.4, 0.5) is 0 Å². The van der Waals surface area contributed by atoms with Crippen molar-refractivity contribution in [3.8, 4) is 11.5 Å². The highest BCUT2D eigenvalue weighted by molar-refractivity contribution is 8.11. The number of nitrogens with two attached hydrogens (primary N) is 1. The Kier molecular flexibility index (Phi) is 4.45. The van der Waals surface area contributed by atoms with Crippen LogP contribution in [0.3, 0.4) is 0 Å². The standard InChI is InChI=1S/C9H13NO4S2/c1-13-8-4-3-7(5-9(8)14-2)15-6-16(10,11)12/h3-5H,6H2,1-2H3,(H2,10,11,12). The molecule has 16 heavy (non-hydrogen) atoms. The van der Waals surface area contributed by atoms with E-state index in [4.69, 9.17) is 14.6 Å². The maximum atomic E-state index is 10.8. The third-order valence-electron chi connectivity index (χ3n) is 1.74. The van der Waals surface area contributed by atoms with Crippen LogP contribution in [0.2, 0.25) is 0 Å². The van der Waals surface area contributed by atoms with Crippen LogP contribution >= 0.6 is 11.8 Å². The van der Waals surface area contributed by atoms with Crippen molar-refractivity contribution in [2.24, 2.45) is 5.14 Å². The molecule has 0 fully saturated rings. The Hall–Kier alpha value is -0.920. The minimum Gasteiger partial charge on any atom is -0.493 e. The normalized spacial score (nSPS) is 11.2. The minimum absolute atomic E-state index is 0.164. The lowest BCUT2D eigenvalue weighted by Gasteiger charge is -2.08. The number of thioether (sulfide) groups is 1. The smallest absolute Gasteiger partial charge is 0.218 e. The molecule has 0 aliphatic heterocycles. The molecule has 5 nitrogen and oxygen atoms in total. The van der Waals surface area contributed by atoms with Gasteiger partial charge in [-0.2, -0.15) is 0 Å². The van der Waals surface area contributed by atoms with Crippen LogP contribution in [-0.2, 0) is 10.0 Å². The Morgan fingerprint density at radius 3 is 2.38 bits per heavy atom. The van der Waals surface area contributed by atoms with Gasteiger partial charge in [-0.05, 0) is 18.2 Å². The van der Waals surface area contributed by atoms with Gasteiger partial charge in [0, 0.05) is 4.90 Å². The van der Waals surface area contributed by atoms with Crippen molar-refractivity contribution < 1.29 is 17.9 Å². The first-order valence-corrected chi connectivity index (χ1v) is 7.01. The molecule has 1 aromatic carbocycles. The molecule has 2 N–H and O–H groups in total.